The number of rotatable bonds is 6. The number of carbonyl (C=O) groups excluding carboxylic acids is 1. The smallest absolute Gasteiger partial charge is 0.260 e. The lowest BCUT2D eigenvalue weighted by molar-refractivity contribution is 0.0985. The summed E-state index contributed by atoms with van der Waals surface area (Å²) in [7, 11) is 4.11. The lowest BCUT2D eigenvalue weighted by atomic mass is 10.0. The van der Waals surface area contributed by atoms with Crippen molar-refractivity contribution < 1.29 is 4.79 Å². The first-order chi connectivity index (χ1) is 12.8. The Hall–Kier alpha value is -2.24. The molecule has 2 aromatic carbocycles. The van der Waals surface area contributed by atoms with E-state index in [1.807, 2.05) is 43.0 Å². The monoisotopic (exact) mass is 381 g/mol. The number of thiazole rings is 1. The summed E-state index contributed by atoms with van der Waals surface area (Å²) in [6.45, 7) is 7.68. The minimum absolute atomic E-state index is 0.0331. The van der Waals surface area contributed by atoms with E-state index in [1.165, 1.54) is 5.56 Å². The number of anilines is 1. The van der Waals surface area contributed by atoms with Gasteiger partial charge in [0.1, 0.15) is 0 Å². The minimum Gasteiger partial charge on any atom is -0.309 e. The predicted octanol–water partition coefficient (Wildman–Crippen LogP) is 4.82. The highest BCUT2D eigenvalue weighted by atomic mass is 32.1. The number of hydrogen-bond donors (Lipinski definition) is 0. The standard InChI is InChI=1S/C22H27N3OS/c1-15-7-9-17(3)18(13-15)21(26)25(12-6-11-24(4)5)22-23-19-10-8-16(2)14-20(19)27-22/h7-10,13-14H,6,11-12H2,1-5H3. The maximum atomic E-state index is 13.4. The molecule has 0 aliphatic rings. The van der Waals surface area contributed by atoms with E-state index >= 15 is 0 Å². The first-order valence-corrected chi connectivity index (χ1v) is 10.1. The third-order valence-electron chi connectivity index (χ3n) is 4.62. The highest BCUT2D eigenvalue weighted by Crippen LogP contribution is 2.31. The Kier molecular flexibility index (Phi) is 5.92. The van der Waals surface area contributed by atoms with Gasteiger partial charge in [-0.05, 0) is 77.2 Å². The van der Waals surface area contributed by atoms with Crippen LogP contribution in [0.3, 0.4) is 0 Å². The summed E-state index contributed by atoms with van der Waals surface area (Å²) in [4.78, 5) is 22.2. The molecule has 3 aromatic rings. The second-order valence-corrected chi connectivity index (χ2v) is 8.41. The van der Waals surface area contributed by atoms with Crippen molar-refractivity contribution in [3.05, 3.63) is 58.7 Å². The molecule has 0 atom stereocenters. The zero-order valence-electron chi connectivity index (χ0n) is 16.7. The Labute approximate surface area is 165 Å². The number of aryl methyl sites for hydroxylation is 3. The Morgan fingerprint density at radius 2 is 1.70 bits per heavy atom. The van der Waals surface area contributed by atoms with E-state index in [1.54, 1.807) is 11.3 Å². The van der Waals surface area contributed by atoms with Crippen molar-refractivity contribution in [2.24, 2.45) is 0 Å². The second-order valence-electron chi connectivity index (χ2n) is 7.40. The van der Waals surface area contributed by atoms with Gasteiger partial charge in [-0.25, -0.2) is 4.98 Å². The van der Waals surface area contributed by atoms with Gasteiger partial charge < -0.3 is 4.90 Å². The van der Waals surface area contributed by atoms with Crippen LogP contribution < -0.4 is 4.90 Å². The molecule has 0 saturated heterocycles. The molecule has 27 heavy (non-hydrogen) atoms. The van der Waals surface area contributed by atoms with Crippen LogP contribution in [-0.4, -0.2) is 43.0 Å². The molecule has 5 heteroatoms. The van der Waals surface area contributed by atoms with Gasteiger partial charge in [0.15, 0.2) is 5.13 Å². The molecule has 0 spiro atoms. The molecule has 0 fully saturated rings. The average Bonchev–Trinajstić information content (AvgIpc) is 3.02. The maximum Gasteiger partial charge on any atom is 0.260 e. The molecule has 0 radical (unpaired) electrons. The van der Waals surface area contributed by atoms with E-state index in [0.717, 1.165) is 45.0 Å². The predicted molar refractivity (Wildman–Crippen MR) is 115 cm³/mol. The van der Waals surface area contributed by atoms with E-state index in [4.69, 9.17) is 4.98 Å². The van der Waals surface area contributed by atoms with Crippen molar-refractivity contribution in [3.8, 4) is 0 Å². The fourth-order valence-corrected chi connectivity index (χ4v) is 4.16. The SMILES string of the molecule is Cc1ccc(C)c(C(=O)N(CCCN(C)C)c2nc3ccc(C)cc3s2)c1. The topological polar surface area (TPSA) is 36.4 Å². The maximum absolute atomic E-state index is 13.4. The van der Waals surface area contributed by atoms with Crippen LogP contribution in [0.5, 0.6) is 0 Å². The first-order valence-electron chi connectivity index (χ1n) is 9.26. The van der Waals surface area contributed by atoms with Crippen molar-refractivity contribution in [1.29, 1.82) is 0 Å². The fraction of sp³-hybridized carbons (Fsp3) is 0.364. The van der Waals surface area contributed by atoms with Gasteiger partial charge in [0.2, 0.25) is 0 Å². The zero-order valence-corrected chi connectivity index (χ0v) is 17.6. The van der Waals surface area contributed by atoms with Gasteiger partial charge in [-0.2, -0.15) is 0 Å². The van der Waals surface area contributed by atoms with Gasteiger partial charge in [0.25, 0.3) is 5.91 Å². The number of amides is 1. The second kappa shape index (κ2) is 8.19. The number of benzene rings is 2. The normalized spacial score (nSPS) is 11.3. The Bertz CT molecular complexity index is 961. The Balaban J connectivity index is 1.98. The molecule has 3 rings (SSSR count). The van der Waals surface area contributed by atoms with Gasteiger partial charge in [-0.15, -0.1) is 0 Å². The highest BCUT2D eigenvalue weighted by molar-refractivity contribution is 7.22. The number of nitrogens with zero attached hydrogens (tertiary/aromatic N) is 3. The van der Waals surface area contributed by atoms with E-state index in [9.17, 15) is 4.79 Å². The van der Waals surface area contributed by atoms with E-state index in [-0.39, 0.29) is 5.91 Å². The fourth-order valence-electron chi connectivity index (χ4n) is 3.08. The van der Waals surface area contributed by atoms with Gasteiger partial charge >= 0.3 is 0 Å². The van der Waals surface area contributed by atoms with Crippen LogP contribution in [0.4, 0.5) is 5.13 Å². The molecule has 142 valence electrons. The quantitative estimate of drug-likeness (QED) is 0.614. The molecule has 0 bridgehead atoms. The van der Waals surface area contributed by atoms with Crippen molar-refractivity contribution in [3.63, 3.8) is 0 Å². The number of carbonyl (C=O) groups is 1. The summed E-state index contributed by atoms with van der Waals surface area (Å²) in [5, 5.41) is 0.778. The summed E-state index contributed by atoms with van der Waals surface area (Å²) in [5.41, 5.74) is 5.01. The highest BCUT2D eigenvalue weighted by Gasteiger charge is 2.22. The summed E-state index contributed by atoms with van der Waals surface area (Å²) >= 11 is 1.59. The summed E-state index contributed by atoms with van der Waals surface area (Å²) in [6.07, 6.45) is 0.901. The van der Waals surface area contributed by atoms with Crippen LogP contribution in [0.2, 0.25) is 0 Å². The molecule has 4 nitrogen and oxygen atoms in total. The molecule has 0 N–H and O–H groups in total. The third kappa shape index (κ3) is 4.54. The minimum atomic E-state index is 0.0331. The largest absolute Gasteiger partial charge is 0.309 e. The Morgan fingerprint density at radius 1 is 1.00 bits per heavy atom. The zero-order chi connectivity index (χ0) is 19.6. The molecular weight excluding hydrogens is 354 g/mol. The molecule has 0 aliphatic carbocycles. The van der Waals surface area contributed by atoms with E-state index < -0.39 is 0 Å². The number of hydrogen-bond acceptors (Lipinski definition) is 4. The van der Waals surface area contributed by atoms with Crippen LogP contribution >= 0.6 is 11.3 Å². The van der Waals surface area contributed by atoms with Crippen molar-refractivity contribution in [2.45, 2.75) is 27.2 Å². The number of fused-ring (bicyclic) bond motifs is 1. The molecule has 0 unspecified atom stereocenters. The van der Waals surface area contributed by atoms with Crippen LogP contribution in [-0.2, 0) is 0 Å². The van der Waals surface area contributed by atoms with Gasteiger partial charge in [0.05, 0.1) is 10.2 Å². The van der Waals surface area contributed by atoms with E-state index in [2.05, 4.69) is 38.1 Å². The van der Waals surface area contributed by atoms with Crippen molar-refractivity contribution in [2.75, 3.05) is 32.1 Å². The van der Waals surface area contributed by atoms with Crippen LogP contribution in [0.25, 0.3) is 10.2 Å². The molecule has 0 saturated carbocycles. The van der Waals surface area contributed by atoms with E-state index in [0.29, 0.717) is 6.54 Å². The van der Waals surface area contributed by atoms with Gasteiger partial charge in [-0.3, -0.25) is 9.69 Å². The summed E-state index contributed by atoms with van der Waals surface area (Å²) < 4.78 is 1.12. The lowest BCUT2D eigenvalue weighted by Crippen LogP contribution is -2.34. The molecule has 1 amide bonds. The Morgan fingerprint density at radius 3 is 2.44 bits per heavy atom. The van der Waals surface area contributed by atoms with Gasteiger partial charge in [-0.1, -0.05) is 35.1 Å². The van der Waals surface area contributed by atoms with Gasteiger partial charge in [0, 0.05) is 12.1 Å². The molecular formula is C22H27N3OS. The molecule has 0 aliphatic heterocycles. The summed E-state index contributed by atoms with van der Waals surface area (Å²) in [6, 6.07) is 12.3. The van der Waals surface area contributed by atoms with Crippen LogP contribution in [0.15, 0.2) is 36.4 Å². The first kappa shape index (κ1) is 19.5. The molecule has 1 heterocycles. The van der Waals surface area contributed by atoms with Crippen LogP contribution in [0, 0.1) is 20.8 Å². The van der Waals surface area contributed by atoms with Crippen LogP contribution in [0.1, 0.15) is 33.5 Å². The number of aromatic nitrogens is 1. The molecule has 1 aromatic heterocycles. The third-order valence-corrected chi connectivity index (χ3v) is 5.66. The van der Waals surface area contributed by atoms with Crippen molar-refractivity contribution in [1.82, 2.24) is 9.88 Å². The average molecular weight is 382 g/mol. The summed E-state index contributed by atoms with van der Waals surface area (Å²) in [5.74, 6) is 0.0331. The van der Waals surface area contributed by atoms with Crippen molar-refractivity contribution >= 4 is 32.6 Å². The lowest BCUT2D eigenvalue weighted by Gasteiger charge is -2.22.